The molecule has 0 radical (unpaired) electrons. The summed E-state index contributed by atoms with van der Waals surface area (Å²) >= 11 is 0. The van der Waals surface area contributed by atoms with E-state index in [-0.39, 0.29) is 35.3 Å². The summed E-state index contributed by atoms with van der Waals surface area (Å²) in [4.78, 5) is 26.6. The van der Waals surface area contributed by atoms with E-state index in [0.717, 1.165) is 18.6 Å². The molecule has 0 spiro atoms. The highest BCUT2D eigenvalue weighted by Crippen LogP contribution is 2.38. The number of anilines is 1. The molecule has 0 saturated carbocycles. The number of carbonyl (C=O) groups excluding carboxylic acids is 2. The van der Waals surface area contributed by atoms with Gasteiger partial charge in [0.15, 0.2) is 0 Å². The molecule has 162 valence electrons. The van der Waals surface area contributed by atoms with Crippen LogP contribution in [0.15, 0.2) is 18.2 Å². The molecule has 2 atom stereocenters. The van der Waals surface area contributed by atoms with Gasteiger partial charge in [-0.25, -0.2) is 0 Å². The number of piperidine rings is 1. The Morgan fingerprint density at radius 1 is 1.10 bits per heavy atom. The summed E-state index contributed by atoms with van der Waals surface area (Å²) in [5.74, 6) is -0.456. The number of likely N-dealkylation sites (tertiary alicyclic amines) is 1. The molecule has 2 amide bonds. The van der Waals surface area contributed by atoms with Gasteiger partial charge >= 0.3 is 6.18 Å². The highest BCUT2D eigenvalue weighted by molar-refractivity contribution is 5.93. The summed E-state index contributed by atoms with van der Waals surface area (Å²) in [5, 5.41) is 2.71. The molecule has 1 N–H and O–H groups in total. The molecule has 1 heterocycles. The standard InChI is InChI=1S/C22H31F3N2O2/c1-5-14(3)20(28)26-19-13-17(22(23,24)25)7-8-18(19)16-9-11-27(12-10-16)21(29)15(4)6-2/h7-8,13-16H,5-6,9-12H2,1-4H3,(H,26,28)/t14-,15+/m0/s1. The van der Waals surface area contributed by atoms with Crippen molar-refractivity contribution in [2.45, 2.75) is 65.5 Å². The first-order valence-corrected chi connectivity index (χ1v) is 10.4. The molecule has 1 fully saturated rings. The van der Waals surface area contributed by atoms with Gasteiger partial charge in [-0.05, 0) is 49.3 Å². The van der Waals surface area contributed by atoms with Crippen molar-refractivity contribution in [1.82, 2.24) is 4.90 Å². The number of alkyl halides is 3. The highest BCUT2D eigenvalue weighted by Gasteiger charge is 2.33. The van der Waals surface area contributed by atoms with Crippen LogP contribution in [0, 0.1) is 11.8 Å². The van der Waals surface area contributed by atoms with Gasteiger partial charge in [0.25, 0.3) is 0 Å². The van der Waals surface area contributed by atoms with Crippen molar-refractivity contribution < 1.29 is 22.8 Å². The third-order valence-electron chi connectivity index (χ3n) is 5.98. The zero-order chi connectivity index (χ0) is 21.8. The summed E-state index contributed by atoms with van der Waals surface area (Å²) in [6.07, 6.45) is -1.75. The zero-order valence-electron chi connectivity index (χ0n) is 17.6. The summed E-state index contributed by atoms with van der Waals surface area (Å²) in [6.45, 7) is 8.65. The Hall–Kier alpha value is -2.05. The lowest BCUT2D eigenvalue weighted by molar-refractivity contribution is -0.138. The van der Waals surface area contributed by atoms with Crippen LogP contribution in [0.2, 0.25) is 0 Å². The average molecular weight is 412 g/mol. The van der Waals surface area contributed by atoms with Crippen molar-refractivity contribution in [2.75, 3.05) is 18.4 Å². The number of hydrogen-bond donors (Lipinski definition) is 1. The van der Waals surface area contributed by atoms with Crippen LogP contribution < -0.4 is 5.32 Å². The van der Waals surface area contributed by atoms with E-state index in [1.165, 1.54) is 6.07 Å². The number of nitrogens with one attached hydrogen (secondary N) is 1. The summed E-state index contributed by atoms with van der Waals surface area (Å²) in [7, 11) is 0. The highest BCUT2D eigenvalue weighted by atomic mass is 19.4. The Morgan fingerprint density at radius 3 is 2.21 bits per heavy atom. The molecule has 0 aromatic heterocycles. The van der Waals surface area contributed by atoms with Crippen LogP contribution in [-0.4, -0.2) is 29.8 Å². The molecule has 1 aliphatic heterocycles. The largest absolute Gasteiger partial charge is 0.416 e. The van der Waals surface area contributed by atoms with Crippen molar-refractivity contribution in [3.8, 4) is 0 Å². The number of nitrogens with zero attached hydrogens (tertiary/aromatic N) is 1. The van der Waals surface area contributed by atoms with Crippen molar-refractivity contribution in [3.05, 3.63) is 29.3 Å². The predicted octanol–water partition coefficient (Wildman–Crippen LogP) is 5.44. The number of amides is 2. The minimum Gasteiger partial charge on any atom is -0.342 e. The molecular formula is C22H31F3N2O2. The minimum atomic E-state index is -4.47. The molecule has 1 aliphatic rings. The maximum Gasteiger partial charge on any atom is 0.416 e. The SMILES string of the molecule is CC[C@@H](C)C(=O)N1CCC(c2ccc(C(F)(F)F)cc2NC(=O)[C@@H](C)CC)CC1. The molecule has 1 aromatic carbocycles. The second-order valence-corrected chi connectivity index (χ2v) is 8.01. The van der Waals surface area contributed by atoms with Gasteiger partial charge < -0.3 is 10.2 Å². The molecule has 7 heteroatoms. The van der Waals surface area contributed by atoms with Crippen LogP contribution in [0.4, 0.5) is 18.9 Å². The molecule has 1 aromatic rings. The Balaban J connectivity index is 2.23. The van der Waals surface area contributed by atoms with Crippen molar-refractivity contribution in [2.24, 2.45) is 11.8 Å². The van der Waals surface area contributed by atoms with Gasteiger partial charge in [-0.1, -0.05) is 33.8 Å². The van der Waals surface area contributed by atoms with Crippen LogP contribution in [-0.2, 0) is 15.8 Å². The van der Waals surface area contributed by atoms with E-state index in [1.54, 1.807) is 6.92 Å². The van der Waals surface area contributed by atoms with Crippen molar-refractivity contribution in [1.29, 1.82) is 0 Å². The van der Waals surface area contributed by atoms with E-state index >= 15 is 0 Å². The quantitative estimate of drug-likeness (QED) is 0.676. The van der Waals surface area contributed by atoms with E-state index in [1.807, 2.05) is 25.7 Å². The van der Waals surface area contributed by atoms with Crippen LogP contribution in [0.25, 0.3) is 0 Å². The number of carbonyl (C=O) groups is 2. The van der Waals surface area contributed by atoms with E-state index in [9.17, 15) is 22.8 Å². The molecule has 0 aliphatic carbocycles. The van der Waals surface area contributed by atoms with Crippen molar-refractivity contribution in [3.63, 3.8) is 0 Å². The number of halogens is 3. The first kappa shape index (κ1) is 23.2. The van der Waals surface area contributed by atoms with Gasteiger partial charge in [0.2, 0.25) is 11.8 Å². The summed E-state index contributed by atoms with van der Waals surface area (Å²) < 4.78 is 39.6. The lowest BCUT2D eigenvalue weighted by atomic mass is 9.87. The van der Waals surface area contributed by atoms with Gasteiger partial charge in [-0.3, -0.25) is 9.59 Å². The fourth-order valence-electron chi connectivity index (χ4n) is 3.54. The van der Waals surface area contributed by atoms with Gasteiger partial charge in [0, 0.05) is 30.6 Å². The lowest BCUT2D eigenvalue weighted by Crippen LogP contribution is -2.40. The van der Waals surface area contributed by atoms with Crippen molar-refractivity contribution >= 4 is 17.5 Å². The third kappa shape index (κ3) is 5.73. The number of rotatable bonds is 6. The molecule has 2 rings (SSSR count). The Labute approximate surface area is 170 Å². The molecule has 4 nitrogen and oxygen atoms in total. The number of benzene rings is 1. The monoisotopic (exact) mass is 412 g/mol. The fraction of sp³-hybridized carbons (Fsp3) is 0.636. The lowest BCUT2D eigenvalue weighted by Gasteiger charge is -2.34. The van der Waals surface area contributed by atoms with Gasteiger partial charge in [-0.15, -0.1) is 0 Å². The maximum atomic E-state index is 13.2. The van der Waals surface area contributed by atoms with Crippen LogP contribution in [0.5, 0.6) is 0 Å². The normalized spacial score (nSPS) is 17.7. The Kier molecular flexibility index (Phi) is 7.72. The minimum absolute atomic E-state index is 0.00509. The Morgan fingerprint density at radius 2 is 1.69 bits per heavy atom. The number of hydrogen-bond acceptors (Lipinski definition) is 2. The summed E-state index contributed by atoms with van der Waals surface area (Å²) in [6, 6.07) is 3.59. The van der Waals surface area contributed by atoms with Gasteiger partial charge in [0.05, 0.1) is 5.56 Å². The van der Waals surface area contributed by atoms with E-state index < -0.39 is 11.7 Å². The fourth-order valence-corrected chi connectivity index (χ4v) is 3.54. The molecule has 1 saturated heterocycles. The van der Waals surface area contributed by atoms with Crippen LogP contribution in [0.1, 0.15) is 70.4 Å². The topological polar surface area (TPSA) is 49.4 Å². The molecule has 29 heavy (non-hydrogen) atoms. The smallest absolute Gasteiger partial charge is 0.342 e. The first-order chi connectivity index (χ1) is 13.6. The van der Waals surface area contributed by atoms with E-state index in [0.29, 0.717) is 37.9 Å². The van der Waals surface area contributed by atoms with Gasteiger partial charge in [-0.2, -0.15) is 13.2 Å². The Bertz CT molecular complexity index is 725. The average Bonchev–Trinajstić information content (AvgIpc) is 2.71. The van der Waals surface area contributed by atoms with E-state index in [2.05, 4.69) is 5.32 Å². The second-order valence-electron chi connectivity index (χ2n) is 8.01. The van der Waals surface area contributed by atoms with Crippen LogP contribution >= 0.6 is 0 Å². The molecule has 0 unspecified atom stereocenters. The van der Waals surface area contributed by atoms with E-state index in [4.69, 9.17) is 0 Å². The molecular weight excluding hydrogens is 381 g/mol. The summed E-state index contributed by atoms with van der Waals surface area (Å²) in [5.41, 5.74) is 0.173. The predicted molar refractivity (Wildman–Crippen MR) is 108 cm³/mol. The third-order valence-corrected chi connectivity index (χ3v) is 5.98. The first-order valence-electron chi connectivity index (χ1n) is 10.4. The molecule has 0 bridgehead atoms. The maximum absolute atomic E-state index is 13.2. The zero-order valence-corrected chi connectivity index (χ0v) is 17.6. The second kappa shape index (κ2) is 9.63. The van der Waals surface area contributed by atoms with Gasteiger partial charge in [0.1, 0.15) is 0 Å². The van der Waals surface area contributed by atoms with Crippen LogP contribution in [0.3, 0.4) is 0 Å².